The van der Waals surface area contributed by atoms with E-state index in [2.05, 4.69) is 55.5 Å². The summed E-state index contributed by atoms with van der Waals surface area (Å²) in [6, 6.07) is 0. The Kier molecular flexibility index (Phi) is 31.7. The molecule has 8 aliphatic carbocycles. The van der Waals surface area contributed by atoms with Crippen LogP contribution in [0.5, 0.6) is 0 Å². The third-order valence-corrected chi connectivity index (χ3v) is 28.1. The van der Waals surface area contributed by atoms with Gasteiger partial charge < -0.3 is 94.7 Å². The molecule has 728 valence electrons. The van der Waals surface area contributed by atoms with Crippen molar-refractivity contribution in [1.29, 1.82) is 0 Å². The summed E-state index contributed by atoms with van der Waals surface area (Å²) in [6.07, 6.45) is 0.251. The van der Waals surface area contributed by atoms with Crippen molar-refractivity contribution in [2.24, 2.45) is 76.9 Å². The van der Waals surface area contributed by atoms with E-state index < -0.39 is 214 Å². The molecule has 0 aromatic heterocycles. The van der Waals surface area contributed by atoms with Crippen LogP contribution in [0.1, 0.15) is 153 Å². The van der Waals surface area contributed by atoms with Gasteiger partial charge in [0.2, 0.25) is 0 Å². The molecule has 0 aromatic rings. The lowest BCUT2D eigenvalue weighted by Gasteiger charge is -2.45. The maximum Gasteiger partial charge on any atom is 0.508 e. The number of esters is 17. The first-order chi connectivity index (χ1) is 62.3. The molecule has 133 heavy (non-hydrogen) atoms. The van der Waals surface area contributed by atoms with Crippen LogP contribution >= 0.6 is 0 Å². The molecular weight excluding hydrogens is 1780 g/mol. The van der Waals surface area contributed by atoms with Gasteiger partial charge in [0.15, 0.2) is 37.1 Å². The lowest BCUT2D eigenvalue weighted by molar-refractivity contribution is -0.177. The van der Waals surface area contributed by atoms with Crippen molar-refractivity contribution in [3.63, 3.8) is 0 Å². The van der Waals surface area contributed by atoms with Gasteiger partial charge in [0.1, 0.15) is 85.1 Å². The van der Waals surface area contributed by atoms with Crippen molar-refractivity contribution in [3.05, 3.63) is 85.1 Å². The number of ether oxygens (including phenoxy) is 20. The SMILES string of the molecule is C=C(C)C(=O)OC(C)C(=O)OC1C2CC3C(O2)C1OS3(=O)=O.C=C(C)C(=O)OC1(C)CC(=O)OC1C.C=C(C)C(=O)OC12CC3CC(C1)OC(=O)C(C3)C2.C=C(C)C(=O)OC1C2CC3C1OC(=O)C3C2C(=O)OC.C=C(C)C(=O)OCC(=O)OC1C2CC3C1OC(=O)C3C2C(=O)OC.C=C(C)C(=O)OCC(=O)OC1C2CC3CC(C2)C(=O)OC1C3.C=C(C)C(=O)OCC1COC(=O)O1. The molecule has 0 spiro atoms. The van der Waals surface area contributed by atoms with Crippen molar-refractivity contribution in [3.8, 4) is 0 Å². The molecule has 30 unspecified atom stereocenters. The van der Waals surface area contributed by atoms with Crippen molar-refractivity contribution < 1.29 is 194 Å². The molecule has 19 rings (SSSR count). The third kappa shape index (κ3) is 22.9. The highest BCUT2D eigenvalue weighted by Gasteiger charge is 2.73. The summed E-state index contributed by atoms with van der Waals surface area (Å²) in [5.74, 6) is -10.4. The van der Waals surface area contributed by atoms with Crippen LogP contribution in [0.4, 0.5) is 4.79 Å². The summed E-state index contributed by atoms with van der Waals surface area (Å²) in [5, 5.41) is -0.684. The quantitative estimate of drug-likeness (QED) is 0.0540. The monoisotopic (exact) mass is 1890 g/mol. The van der Waals surface area contributed by atoms with Gasteiger partial charge in [-0.25, -0.2) is 52.7 Å². The van der Waals surface area contributed by atoms with Gasteiger partial charge in [-0.05, 0) is 145 Å². The predicted octanol–water partition coefficient (Wildman–Crippen LogP) is 5.33. The molecule has 11 saturated heterocycles. The molecule has 42 heteroatoms. The van der Waals surface area contributed by atoms with E-state index in [4.69, 9.17) is 89.4 Å². The Morgan fingerprint density at radius 1 is 0.466 bits per heavy atom. The van der Waals surface area contributed by atoms with Gasteiger partial charge in [0.05, 0.1) is 62.3 Å². The van der Waals surface area contributed by atoms with Crippen LogP contribution in [0.25, 0.3) is 0 Å². The standard InChI is InChI=1S/C16H18O8.C16H20O6.C14H16O6.C14H18O4.C13H16O8S.C10H14O4.C8H10O5/c1-6(2)14(18)22-5-9(17)23-12-7-4-8-11(10(7)15(19)21-3)16(20)24-13(8)12;1-8(2)15(18)20-7-13(17)22-14-10-3-9-4-11(6-10)16(19)21-12(14)5-9;1-5(2)12(15)19-10-6-4-7-9(8(6)13(16)18-3)14(17)20-11(7)10;1-8(2)12(15)18-14-5-9-3-10(6-14)13(16)17-11(4-9)7-14;1-5(2)12(14)18-6(3)13(15)20-9-7-4-8-10(19-7)11(9)21-22(8,16)17;1-6(2)9(12)14-10(4)5-8(11)13-7(10)3;1-5(2)7(9)11-3-6-4-12-8(10)13-6/h7-8,10-13H,1,4-5H2,2-3H3;9-12,14H,1,3-7H2,2H3;6-11H,1,4H2,2-3H3;9-11H,1,3-7H2,2H3;6-11H,1,4H2,2-3H3;7H,1,5H2,2-4H3;6H,1,3-4H2,2H3. The molecule has 19 fully saturated rings. The van der Waals surface area contributed by atoms with Crippen molar-refractivity contribution in [2.75, 3.05) is 40.6 Å². The number of fused-ring (bicyclic) bond motifs is 5. The van der Waals surface area contributed by atoms with Gasteiger partial charge in [0, 0.05) is 81.4 Å². The Morgan fingerprint density at radius 3 is 1.49 bits per heavy atom. The topological polar surface area (TPSA) is 535 Å². The van der Waals surface area contributed by atoms with Crippen LogP contribution in [-0.4, -0.2) is 259 Å². The summed E-state index contributed by atoms with van der Waals surface area (Å²) in [4.78, 5) is 208. The number of hydrogen-bond donors (Lipinski definition) is 0. The summed E-state index contributed by atoms with van der Waals surface area (Å²) >= 11 is 0. The first-order valence-corrected chi connectivity index (χ1v) is 45.0. The zero-order valence-electron chi connectivity index (χ0n) is 75.8. The lowest BCUT2D eigenvalue weighted by Crippen LogP contribution is -2.48. The molecular formula is C91H112O41S. The number of carbonyl (C=O) groups is 18. The first-order valence-electron chi connectivity index (χ1n) is 43.5. The van der Waals surface area contributed by atoms with E-state index in [0.717, 1.165) is 44.9 Å². The second-order valence-electron chi connectivity index (χ2n) is 36.8. The molecule has 0 radical (unpaired) electrons. The fourth-order valence-electron chi connectivity index (χ4n) is 20.4. The van der Waals surface area contributed by atoms with E-state index in [1.165, 1.54) is 41.9 Å². The smallest absolute Gasteiger partial charge is 0.469 e. The van der Waals surface area contributed by atoms with Crippen molar-refractivity contribution >= 4 is 118 Å². The van der Waals surface area contributed by atoms with E-state index in [1.807, 2.05) is 0 Å². The second-order valence-corrected chi connectivity index (χ2v) is 38.6. The first kappa shape index (κ1) is 102. The molecule has 0 N–H and O–H groups in total. The second kappa shape index (κ2) is 41.4. The molecule has 0 aromatic carbocycles. The van der Waals surface area contributed by atoms with Crippen LogP contribution in [-0.2, 0) is 191 Å². The largest absolute Gasteiger partial charge is 0.508 e. The minimum Gasteiger partial charge on any atom is -0.469 e. The minimum atomic E-state index is -3.66. The number of rotatable bonds is 23. The molecule has 14 bridgehead atoms. The highest BCUT2D eigenvalue weighted by Crippen LogP contribution is 2.61. The predicted molar refractivity (Wildman–Crippen MR) is 442 cm³/mol. The van der Waals surface area contributed by atoms with Crippen molar-refractivity contribution in [2.45, 2.75) is 255 Å². The number of hydrogen-bond acceptors (Lipinski definition) is 41. The lowest BCUT2D eigenvalue weighted by atomic mass is 9.65. The molecule has 11 aliphatic heterocycles. The summed E-state index contributed by atoms with van der Waals surface area (Å²) < 4.78 is 131. The summed E-state index contributed by atoms with van der Waals surface area (Å²) in [7, 11) is -1.12. The van der Waals surface area contributed by atoms with Gasteiger partial charge in [-0.1, -0.05) is 46.1 Å². The van der Waals surface area contributed by atoms with Crippen LogP contribution in [0, 0.1) is 76.9 Å². The van der Waals surface area contributed by atoms with E-state index in [9.17, 15) is 94.7 Å². The maximum absolute atomic E-state index is 12.0. The highest BCUT2D eigenvalue weighted by molar-refractivity contribution is 7.87. The summed E-state index contributed by atoms with van der Waals surface area (Å²) in [5.41, 5.74) is 0.541. The zero-order valence-corrected chi connectivity index (χ0v) is 76.6. The zero-order chi connectivity index (χ0) is 98.0. The molecule has 19 aliphatic rings. The van der Waals surface area contributed by atoms with E-state index >= 15 is 0 Å². The average molecular weight is 1890 g/mol. The van der Waals surface area contributed by atoms with E-state index in [-0.39, 0.29) is 132 Å². The van der Waals surface area contributed by atoms with Crippen LogP contribution in [0.3, 0.4) is 0 Å². The molecule has 41 nitrogen and oxygen atoms in total. The minimum absolute atomic E-state index is 0.0113. The fraction of sp³-hybridized carbons (Fsp3) is 0.648. The molecule has 8 saturated carbocycles. The van der Waals surface area contributed by atoms with Crippen molar-refractivity contribution in [1.82, 2.24) is 0 Å². The maximum atomic E-state index is 12.0. The fourth-order valence-corrected chi connectivity index (χ4v) is 22.0. The van der Waals surface area contributed by atoms with Crippen LogP contribution in [0.15, 0.2) is 85.1 Å². The highest BCUT2D eigenvalue weighted by atomic mass is 32.2. The van der Waals surface area contributed by atoms with Gasteiger partial charge in [-0.3, -0.25) is 37.7 Å². The van der Waals surface area contributed by atoms with Gasteiger partial charge in [0.25, 0.3) is 10.1 Å². The molecule has 11 heterocycles. The Balaban J connectivity index is 0.000000151. The molecule has 30 atom stereocenters. The number of cyclic esters (lactones) is 3. The van der Waals surface area contributed by atoms with Gasteiger partial charge >= 0.3 is 108 Å². The van der Waals surface area contributed by atoms with E-state index in [0.29, 0.717) is 54.2 Å². The van der Waals surface area contributed by atoms with E-state index in [1.54, 1.807) is 41.5 Å². The normalized spacial score (nSPS) is 35.5. The Hall–Kier alpha value is -11.7. The average Bonchev–Trinajstić information content (AvgIpc) is 1.52. The van der Waals surface area contributed by atoms with Gasteiger partial charge in [-0.15, -0.1) is 0 Å². The Bertz CT molecular complexity index is 4920. The summed E-state index contributed by atoms with van der Waals surface area (Å²) in [6.45, 7) is 38.9. The third-order valence-electron chi connectivity index (χ3n) is 26.5. The number of carbonyl (C=O) groups excluding carboxylic acids is 18. The van der Waals surface area contributed by atoms with Crippen LogP contribution in [0.2, 0.25) is 0 Å². The van der Waals surface area contributed by atoms with Crippen LogP contribution < -0.4 is 0 Å². The Labute approximate surface area is 765 Å². The molecule has 0 amide bonds. The number of methoxy groups -OCH3 is 2. The van der Waals surface area contributed by atoms with Gasteiger partial charge in [-0.2, -0.15) is 8.42 Å². The Morgan fingerprint density at radius 2 is 0.977 bits per heavy atom.